The minimum absolute atomic E-state index is 0.0599. The Morgan fingerprint density at radius 2 is 1.83 bits per heavy atom. The van der Waals surface area contributed by atoms with Crippen molar-refractivity contribution in [3.63, 3.8) is 0 Å². The highest BCUT2D eigenvalue weighted by atomic mass is 16.4. The van der Waals surface area contributed by atoms with Crippen LogP contribution in [0.2, 0.25) is 0 Å². The Kier molecular flexibility index (Phi) is 4.42. The van der Waals surface area contributed by atoms with E-state index in [1.165, 1.54) is 0 Å². The molecule has 1 unspecified atom stereocenters. The molecule has 1 aromatic rings. The van der Waals surface area contributed by atoms with Crippen molar-refractivity contribution >= 4 is 17.6 Å². The lowest BCUT2D eigenvalue weighted by molar-refractivity contribution is -0.158. The minimum atomic E-state index is -1.31. The van der Waals surface area contributed by atoms with Crippen LogP contribution in [0.4, 0.5) is 5.69 Å². The third kappa shape index (κ3) is 2.75. The molecule has 4 nitrogen and oxygen atoms in total. The Bertz CT molecular complexity index is 606. The maximum absolute atomic E-state index is 13.3. The third-order valence-electron chi connectivity index (χ3n) is 5.67. The molecule has 4 heteroatoms. The van der Waals surface area contributed by atoms with Crippen LogP contribution in [-0.2, 0) is 16.0 Å². The molecule has 1 aliphatic carbocycles. The number of nitrogens with zero attached hydrogens (tertiary/aromatic N) is 1. The molecule has 1 heterocycles. The highest BCUT2D eigenvalue weighted by Gasteiger charge is 2.50. The predicted molar refractivity (Wildman–Crippen MR) is 89.4 cm³/mol. The van der Waals surface area contributed by atoms with Crippen molar-refractivity contribution in [1.82, 2.24) is 0 Å². The molecule has 2 aliphatic rings. The standard InChI is InChI=1S/C19H25NO3/c1-19(18(22)23,15-10-3-2-4-11-15)17(21)20-13-7-9-14-8-5-6-12-16(14)20/h5-6,8,12,15H,2-4,7,9-11,13H2,1H3,(H,22,23). The quantitative estimate of drug-likeness (QED) is 0.866. The first kappa shape index (κ1) is 16.0. The molecule has 1 atom stereocenters. The van der Waals surface area contributed by atoms with Gasteiger partial charge in [-0.15, -0.1) is 0 Å². The van der Waals surface area contributed by atoms with Crippen LogP contribution in [0.25, 0.3) is 0 Å². The number of rotatable bonds is 3. The molecule has 0 aromatic heterocycles. The maximum Gasteiger partial charge on any atom is 0.319 e. The Labute approximate surface area is 137 Å². The van der Waals surface area contributed by atoms with Gasteiger partial charge in [-0.3, -0.25) is 9.59 Å². The van der Waals surface area contributed by atoms with Gasteiger partial charge in [-0.25, -0.2) is 0 Å². The van der Waals surface area contributed by atoms with Gasteiger partial charge in [0.1, 0.15) is 5.41 Å². The van der Waals surface area contributed by atoms with Gasteiger partial charge in [-0.05, 0) is 50.2 Å². The first-order chi connectivity index (χ1) is 11.0. The number of hydrogen-bond donors (Lipinski definition) is 1. The largest absolute Gasteiger partial charge is 0.480 e. The first-order valence-electron chi connectivity index (χ1n) is 8.68. The van der Waals surface area contributed by atoms with Crippen LogP contribution in [0.15, 0.2) is 24.3 Å². The van der Waals surface area contributed by atoms with Crippen molar-refractivity contribution in [3.05, 3.63) is 29.8 Å². The van der Waals surface area contributed by atoms with E-state index in [1.54, 1.807) is 11.8 Å². The fraction of sp³-hybridized carbons (Fsp3) is 0.579. The van der Waals surface area contributed by atoms with Gasteiger partial charge in [0.05, 0.1) is 0 Å². The molecule has 0 spiro atoms. The Morgan fingerprint density at radius 1 is 1.13 bits per heavy atom. The summed E-state index contributed by atoms with van der Waals surface area (Å²) < 4.78 is 0. The average molecular weight is 315 g/mol. The van der Waals surface area contributed by atoms with E-state index in [0.29, 0.717) is 6.54 Å². The lowest BCUT2D eigenvalue weighted by Crippen LogP contribution is -2.53. The number of hydrogen-bond acceptors (Lipinski definition) is 2. The highest BCUT2D eigenvalue weighted by Crippen LogP contribution is 2.42. The van der Waals surface area contributed by atoms with E-state index in [1.807, 2.05) is 24.3 Å². The summed E-state index contributed by atoms with van der Waals surface area (Å²) in [6.07, 6.45) is 6.71. The zero-order valence-electron chi connectivity index (χ0n) is 13.8. The van der Waals surface area contributed by atoms with Crippen molar-refractivity contribution in [2.24, 2.45) is 11.3 Å². The summed E-state index contributed by atoms with van der Waals surface area (Å²) in [5.74, 6) is -1.27. The van der Waals surface area contributed by atoms with Gasteiger partial charge in [-0.1, -0.05) is 37.5 Å². The van der Waals surface area contributed by atoms with E-state index >= 15 is 0 Å². The zero-order chi connectivity index (χ0) is 16.4. The van der Waals surface area contributed by atoms with Crippen LogP contribution in [0.3, 0.4) is 0 Å². The van der Waals surface area contributed by atoms with Crippen LogP contribution >= 0.6 is 0 Å². The number of carbonyl (C=O) groups is 2. The van der Waals surface area contributed by atoms with Crippen LogP contribution in [0.5, 0.6) is 0 Å². The van der Waals surface area contributed by atoms with Crippen molar-refractivity contribution in [2.45, 2.75) is 51.9 Å². The average Bonchev–Trinajstić information content (AvgIpc) is 2.60. The van der Waals surface area contributed by atoms with Crippen LogP contribution < -0.4 is 4.90 Å². The molecule has 124 valence electrons. The smallest absolute Gasteiger partial charge is 0.319 e. The van der Waals surface area contributed by atoms with Gasteiger partial charge >= 0.3 is 5.97 Å². The number of carboxylic acid groups (broad SMARTS) is 1. The molecule has 0 bridgehead atoms. The summed E-state index contributed by atoms with van der Waals surface area (Å²) in [6, 6.07) is 7.87. The van der Waals surface area contributed by atoms with E-state index in [2.05, 4.69) is 0 Å². The normalized spacial score (nSPS) is 21.3. The van der Waals surface area contributed by atoms with Crippen LogP contribution in [0.1, 0.15) is 51.0 Å². The summed E-state index contributed by atoms with van der Waals surface area (Å²) in [7, 11) is 0. The van der Waals surface area contributed by atoms with Crippen molar-refractivity contribution in [3.8, 4) is 0 Å². The molecular formula is C19H25NO3. The number of carboxylic acids is 1. The Morgan fingerprint density at radius 3 is 2.52 bits per heavy atom. The van der Waals surface area contributed by atoms with E-state index in [4.69, 9.17) is 0 Å². The van der Waals surface area contributed by atoms with Crippen molar-refractivity contribution < 1.29 is 14.7 Å². The molecule has 0 radical (unpaired) electrons. The molecule has 1 saturated carbocycles. The molecule has 0 saturated heterocycles. The number of aryl methyl sites for hydroxylation is 1. The van der Waals surface area contributed by atoms with Gasteiger partial charge in [0.15, 0.2) is 0 Å². The molecular weight excluding hydrogens is 290 g/mol. The molecule has 3 rings (SSSR count). The second-order valence-electron chi connectivity index (χ2n) is 7.03. The monoisotopic (exact) mass is 315 g/mol. The lowest BCUT2D eigenvalue weighted by Gasteiger charge is -2.40. The second-order valence-corrected chi connectivity index (χ2v) is 7.03. The summed E-state index contributed by atoms with van der Waals surface area (Å²) in [6.45, 7) is 2.26. The molecule has 1 amide bonds. The van der Waals surface area contributed by atoms with E-state index in [9.17, 15) is 14.7 Å². The van der Waals surface area contributed by atoms with Gasteiger partial charge in [0, 0.05) is 12.2 Å². The van der Waals surface area contributed by atoms with Crippen LogP contribution in [0, 0.1) is 11.3 Å². The predicted octanol–water partition coefficient (Wildman–Crippen LogP) is 3.64. The number of carbonyl (C=O) groups excluding carboxylic acids is 1. The Balaban J connectivity index is 1.95. The second kappa shape index (κ2) is 6.34. The van der Waals surface area contributed by atoms with E-state index < -0.39 is 11.4 Å². The topological polar surface area (TPSA) is 57.6 Å². The van der Waals surface area contributed by atoms with E-state index in [-0.39, 0.29) is 11.8 Å². The third-order valence-corrected chi connectivity index (χ3v) is 5.67. The summed E-state index contributed by atoms with van der Waals surface area (Å²) in [5.41, 5.74) is 0.723. The minimum Gasteiger partial charge on any atom is -0.480 e. The van der Waals surface area contributed by atoms with Crippen molar-refractivity contribution in [1.29, 1.82) is 0 Å². The molecule has 1 aliphatic heterocycles. The summed E-state index contributed by atoms with van der Waals surface area (Å²) in [5, 5.41) is 9.89. The first-order valence-corrected chi connectivity index (χ1v) is 8.68. The lowest BCUT2D eigenvalue weighted by atomic mass is 9.68. The van der Waals surface area contributed by atoms with E-state index in [0.717, 1.165) is 56.2 Å². The SMILES string of the molecule is CC(C(=O)O)(C(=O)N1CCCc2ccccc21)C1CCCCC1. The molecule has 23 heavy (non-hydrogen) atoms. The number of amides is 1. The number of para-hydroxylation sites is 1. The van der Waals surface area contributed by atoms with Gasteiger partial charge in [-0.2, -0.15) is 0 Å². The number of anilines is 1. The fourth-order valence-electron chi connectivity index (χ4n) is 4.15. The zero-order valence-corrected chi connectivity index (χ0v) is 13.8. The summed E-state index contributed by atoms with van der Waals surface area (Å²) in [4.78, 5) is 27.1. The molecule has 1 N–H and O–H groups in total. The highest BCUT2D eigenvalue weighted by molar-refractivity contribution is 6.10. The number of fused-ring (bicyclic) bond motifs is 1. The van der Waals surface area contributed by atoms with Gasteiger partial charge < -0.3 is 10.0 Å². The number of aliphatic carboxylic acids is 1. The summed E-state index contributed by atoms with van der Waals surface area (Å²) >= 11 is 0. The molecule has 1 aromatic carbocycles. The van der Waals surface area contributed by atoms with Crippen LogP contribution in [-0.4, -0.2) is 23.5 Å². The maximum atomic E-state index is 13.3. The molecule has 1 fully saturated rings. The van der Waals surface area contributed by atoms with Gasteiger partial charge in [0.25, 0.3) is 0 Å². The fourth-order valence-corrected chi connectivity index (χ4v) is 4.15. The Hall–Kier alpha value is -1.84. The van der Waals surface area contributed by atoms with Gasteiger partial charge in [0.2, 0.25) is 5.91 Å². The van der Waals surface area contributed by atoms with Crippen molar-refractivity contribution in [2.75, 3.05) is 11.4 Å². The number of benzene rings is 1.